The van der Waals surface area contributed by atoms with Gasteiger partial charge in [0.15, 0.2) is 0 Å². The van der Waals surface area contributed by atoms with Gasteiger partial charge in [-0.2, -0.15) is 0 Å². The van der Waals surface area contributed by atoms with E-state index in [1.807, 2.05) is 0 Å². The number of alkyl carbamates (subject to hydrolysis) is 1. The molecule has 1 aliphatic heterocycles. The molecule has 2 heterocycles. The third-order valence-electron chi connectivity index (χ3n) is 3.08. The number of anilines is 1. The largest absolute Gasteiger partial charge is 0.431 e. The number of cyclic esters (lactones) is 1. The third kappa shape index (κ3) is 2.78. The molecule has 0 bridgehead atoms. The maximum Gasteiger partial charge on any atom is 0.415 e. The fraction of sp³-hybridized carbons (Fsp3) is 0.0667. The van der Waals surface area contributed by atoms with Crippen LogP contribution in [0.4, 0.5) is 10.5 Å². The zero-order valence-electron chi connectivity index (χ0n) is 11.3. The summed E-state index contributed by atoms with van der Waals surface area (Å²) in [6, 6.07) is 9.81. The number of carbonyl (C=O) groups is 3. The first-order valence-corrected chi connectivity index (χ1v) is 6.46. The second kappa shape index (κ2) is 5.65. The van der Waals surface area contributed by atoms with Gasteiger partial charge in [0.1, 0.15) is 0 Å². The summed E-state index contributed by atoms with van der Waals surface area (Å²) in [5.74, 6) is -0.789. The lowest BCUT2D eigenvalue weighted by molar-refractivity contribution is -0.123. The van der Waals surface area contributed by atoms with Crippen LogP contribution >= 0.6 is 0 Å². The lowest BCUT2D eigenvalue weighted by Crippen LogP contribution is -2.20. The summed E-state index contributed by atoms with van der Waals surface area (Å²) in [7, 11) is 0. The number of ether oxygens (including phenoxy) is 1. The van der Waals surface area contributed by atoms with Gasteiger partial charge in [-0.05, 0) is 24.3 Å². The van der Waals surface area contributed by atoms with Crippen LogP contribution in [0.5, 0.6) is 0 Å². The minimum Gasteiger partial charge on any atom is -0.431 e. The van der Waals surface area contributed by atoms with E-state index >= 15 is 0 Å². The Morgan fingerprint density at radius 3 is 2.55 bits per heavy atom. The van der Waals surface area contributed by atoms with Gasteiger partial charge in [0.25, 0.3) is 11.8 Å². The minimum atomic E-state index is -0.949. The summed E-state index contributed by atoms with van der Waals surface area (Å²) >= 11 is 0. The molecular formula is C15H11N3O4. The highest BCUT2D eigenvalue weighted by molar-refractivity contribution is 6.04. The van der Waals surface area contributed by atoms with Crippen molar-refractivity contribution < 1.29 is 19.1 Å². The van der Waals surface area contributed by atoms with E-state index in [0.717, 1.165) is 0 Å². The van der Waals surface area contributed by atoms with Crippen LogP contribution in [0.3, 0.4) is 0 Å². The van der Waals surface area contributed by atoms with Crippen molar-refractivity contribution in [2.24, 2.45) is 0 Å². The quantitative estimate of drug-likeness (QED) is 0.897. The summed E-state index contributed by atoms with van der Waals surface area (Å²) in [4.78, 5) is 38.3. The molecule has 2 aromatic rings. The van der Waals surface area contributed by atoms with Crippen LogP contribution in [0.15, 0.2) is 48.8 Å². The van der Waals surface area contributed by atoms with E-state index < -0.39 is 18.1 Å². The molecule has 22 heavy (non-hydrogen) atoms. The van der Waals surface area contributed by atoms with Gasteiger partial charge in [-0.3, -0.25) is 19.9 Å². The van der Waals surface area contributed by atoms with Gasteiger partial charge in [-0.25, -0.2) is 4.79 Å². The van der Waals surface area contributed by atoms with E-state index in [9.17, 15) is 14.4 Å². The average Bonchev–Trinajstić information content (AvgIpc) is 2.87. The van der Waals surface area contributed by atoms with E-state index in [1.54, 1.807) is 42.6 Å². The minimum absolute atomic E-state index is 0.286. The van der Waals surface area contributed by atoms with Gasteiger partial charge in [0.05, 0.1) is 5.56 Å². The lowest BCUT2D eigenvalue weighted by Gasteiger charge is -2.09. The predicted octanol–water partition coefficient (Wildman–Crippen LogP) is 1.64. The van der Waals surface area contributed by atoms with Crippen molar-refractivity contribution in [3.8, 4) is 0 Å². The first kappa shape index (κ1) is 13.7. The molecule has 7 heteroatoms. The topological polar surface area (TPSA) is 97.4 Å². The molecule has 3 amide bonds. The molecule has 1 aromatic carbocycles. The molecule has 1 saturated heterocycles. The van der Waals surface area contributed by atoms with Crippen molar-refractivity contribution >= 4 is 23.6 Å². The number of imide groups is 1. The Kier molecular flexibility index (Phi) is 3.53. The van der Waals surface area contributed by atoms with Crippen LogP contribution < -0.4 is 10.6 Å². The predicted molar refractivity (Wildman–Crippen MR) is 76.0 cm³/mol. The fourth-order valence-electron chi connectivity index (χ4n) is 2.02. The van der Waals surface area contributed by atoms with Crippen molar-refractivity contribution in [3.05, 3.63) is 59.9 Å². The molecule has 7 nitrogen and oxygen atoms in total. The number of benzene rings is 1. The Morgan fingerprint density at radius 1 is 1.18 bits per heavy atom. The van der Waals surface area contributed by atoms with Crippen molar-refractivity contribution in [2.45, 2.75) is 6.10 Å². The van der Waals surface area contributed by atoms with E-state index in [-0.39, 0.29) is 5.91 Å². The number of pyridine rings is 1. The average molecular weight is 297 g/mol. The SMILES string of the molecule is O=C1NC(=O)C(c2ccc(NC(=O)c3cccnc3)cc2)O1. The van der Waals surface area contributed by atoms with Gasteiger partial charge < -0.3 is 10.1 Å². The molecule has 3 rings (SSSR count). The van der Waals surface area contributed by atoms with Gasteiger partial charge in [-0.15, -0.1) is 0 Å². The number of hydrogen-bond donors (Lipinski definition) is 2. The Bertz CT molecular complexity index is 728. The standard InChI is InChI=1S/C15H11N3O4/c19-13(10-2-1-7-16-8-10)17-11-5-3-9(4-6-11)12-14(20)18-15(21)22-12/h1-8,12H,(H,17,19)(H,18,20,21). The van der Waals surface area contributed by atoms with Crippen LogP contribution in [-0.4, -0.2) is 22.9 Å². The Hall–Kier alpha value is -3.22. The summed E-state index contributed by atoms with van der Waals surface area (Å²) in [5.41, 5.74) is 1.53. The Balaban J connectivity index is 1.71. The number of amides is 3. The monoisotopic (exact) mass is 297 g/mol. The number of nitrogens with zero attached hydrogens (tertiary/aromatic N) is 1. The molecule has 1 fully saturated rings. The zero-order valence-corrected chi connectivity index (χ0v) is 11.3. The van der Waals surface area contributed by atoms with Gasteiger partial charge in [0.2, 0.25) is 6.10 Å². The number of aromatic nitrogens is 1. The molecule has 0 radical (unpaired) electrons. The number of hydrogen-bond acceptors (Lipinski definition) is 5. The van der Waals surface area contributed by atoms with Crippen molar-refractivity contribution in [3.63, 3.8) is 0 Å². The number of rotatable bonds is 3. The summed E-state index contributed by atoms with van der Waals surface area (Å²) in [6.07, 6.45) is 1.34. The Morgan fingerprint density at radius 2 is 1.95 bits per heavy atom. The highest BCUT2D eigenvalue weighted by atomic mass is 16.6. The summed E-state index contributed by atoms with van der Waals surface area (Å²) < 4.78 is 4.85. The van der Waals surface area contributed by atoms with Crippen LogP contribution in [0.2, 0.25) is 0 Å². The molecule has 1 atom stereocenters. The van der Waals surface area contributed by atoms with Crippen LogP contribution in [0.1, 0.15) is 22.0 Å². The van der Waals surface area contributed by atoms with Crippen LogP contribution in [0.25, 0.3) is 0 Å². The highest BCUT2D eigenvalue weighted by Gasteiger charge is 2.33. The maximum absolute atomic E-state index is 12.0. The molecule has 1 aliphatic rings. The third-order valence-corrected chi connectivity index (χ3v) is 3.08. The highest BCUT2D eigenvalue weighted by Crippen LogP contribution is 2.23. The van der Waals surface area contributed by atoms with E-state index in [2.05, 4.69) is 15.6 Å². The van der Waals surface area contributed by atoms with E-state index in [1.165, 1.54) is 6.20 Å². The summed E-state index contributed by atoms with van der Waals surface area (Å²) in [6.45, 7) is 0. The van der Waals surface area contributed by atoms with Gasteiger partial charge in [0, 0.05) is 23.6 Å². The molecule has 0 aliphatic carbocycles. The molecule has 0 saturated carbocycles. The first-order chi connectivity index (χ1) is 10.6. The molecule has 1 aromatic heterocycles. The molecule has 0 spiro atoms. The first-order valence-electron chi connectivity index (χ1n) is 6.46. The molecule has 110 valence electrons. The zero-order chi connectivity index (χ0) is 15.5. The van der Waals surface area contributed by atoms with E-state index in [4.69, 9.17) is 4.74 Å². The van der Waals surface area contributed by atoms with Crippen LogP contribution in [0, 0.1) is 0 Å². The van der Waals surface area contributed by atoms with E-state index in [0.29, 0.717) is 16.8 Å². The smallest absolute Gasteiger partial charge is 0.415 e. The maximum atomic E-state index is 12.0. The summed E-state index contributed by atoms with van der Waals surface area (Å²) in [5, 5.41) is 4.77. The van der Waals surface area contributed by atoms with Crippen molar-refractivity contribution in [1.29, 1.82) is 0 Å². The molecular weight excluding hydrogens is 286 g/mol. The van der Waals surface area contributed by atoms with Crippen molar-refractivity contribution in [1.82, 2.24) is 10.3 Å². The second-order valence-electron chi connectivity index (χ2n) is 4.59. The number of nitrogens with one attached hydrogen (secondary N) is 2. The van der Waals surface area contributed by atoms with Crippen molar-refractivity contribution in [2.75, 3.05) is 5.32 Å². The van der Waals surface area contributed by atoms with Gasteiger partial charge in [-0.1, -0.05) is 12.1 Å². The second-order valence-corrected chi connectivity index (χ2v) is 4.59. The number of carbonyl (C=O) groups excluding carboxylic acids is 3. The fourth-order valence-corrected chi connectivity index (χ4v) is 2.02. The Labute approximate surface area is 125 Å². The van der Waals surface area contributed by atoms with Crippen LogP contribution in [-0.2, 0) is 9.53 Å². The van der Waals surface area contributed by atoms with Gasteiger partial charge >= 0.3 is 6.09 Å². The normalized spacial score (nSPS) is 16.8. The molecule has 2 N–H and O–H groups in total. The lowest BCUT2D eigenvalue weighted by atomic mass is 10.1. The molecule has 1 unspecified atom stereocenters.